The van der Waals surface area contributed by atoms with Crippen LogP contribution in [0.25, 0.3) is 0 Å². The number of amides is 1. The second-order valence-corrected chi connectivity index (χ2v) is 7.88. The first kappa shape index (κ1) is 25.5. The molecule has 1 aromatic carbocycles. The van der Waals surface area contributed by atoms with E-state index in [9.17, 15) is 4.79 Å². The molecule has 8 nitrogen and oxygen atoms in total. The molecule has 1 atom stereocenters. The average molecular weight is 545 g/mol. The first-order chi connectivity index (χ1) is 14.6. The van der Waals surface area contributed by atoms with Crippen molar-refractivity contribution in [1.82, 2.24) is 15.1 Å². The highest BCUT2D eigenvalue weighted by molar-refractivity contribution is 14.0. The van der Waals surface area contributed by atoms with Gasteiger partial charge < -0.3 is 25.0 Å². The largest absolute Gasteiger partial charge is 0.490 e. The fourth-order valence-corrected chi connectivity index (χ4v) is 3.82. The van der Waals surface area contributed by atoms with Crippen molar-refractivity contribution in [2.75, 3.05) is 58.8 Å². The molecule has 2 N–H and O–H groups in total. The quantitative estimate of drug-likeness (QED) is 0.238. The van der Waals surface area contributed by atoms with Crippen LogP contribution in [0.4, 0.5) is 5.69 Å². The molecule has 1 saturated heterocycles. The Morgan fingerprint density at radius 1 is 1.23 bits per heavy atom. The van der Waals surface area contributed by atoms with Crippen LogP contribution in [0.15, 0.2) is 23.2 Å². The maximum absolute atomic E-state index is 12.3. The fraction of sp³-hybridized carbons (Fsp3) is 0.636. The Labute approximate surface area is 202 Å². The zero-order chi connectivity index (χ0) is 21.3. The van der Waals surface area contributed by atoms with Gasteiger partial charge in [0.1, 0.15) is 0 Å². The Balaban J connectivity index is 0.00000341. The number of fused-ring (bicyclic) bond motifs is 1. The number of anilines is 1. The van der Waals surface area contributed by atoms with E-state index in [4.69, 9.17) is 14.5 Å². The lowest BCUT2D eigenvalue weighted by Gasteiger charge is -2.25. The molecule has 0 spiro atoms. The number of carbonyl (C=O) groups is 1. The average Bonchev–Trinajstić information content (AvgIpc) is 3.07. The summed E-state index contributed by atoms with van der Waals surface area (Å²) in [4.78, 5) is 21.0. The van der Waals surface area contributed by atoms with Gasteiger partial charge in [-0.25, -0.2) is 0 Å². The molecular formula is C22H36IN5O3. The molecular weight excluding hydrogens is 509 g/mol. The zero-order valence-electron chi connectivity index (χ0n) is 18.9. The Hall–Kier alpha value is -1.75. The number of likely N-dealkylation sites (N-methyl/N-ethyl adjacent to an activating group) is 1. The van der Waals surface area contributed by atoms with Crippen molar-refractivity contribution in [2.24, 2.45) is 4.99 Å². The van der Waals surface area contributed by atoms with Gasteiger partial charge >= 0.3 is 0 Å². The van der Waals surface area contributed by atoms with E-state index in [2.05, 4.69) is 15.5 Å². The number of guanidine groups is 1. The standard InChI is InChI=1S/C22H35N5O3.HI/c1-4-23-22(25-17-9-10-19-20(16-17)30-15-7-14-29-19)24-11-6-13-27-12-5-8-18(27)21(28)26(2)3;/h9-10,16,18H,4-8,11-15H2,1-3H3,(H2,23,24,25);1H. The van der Waals surface area contributed by atoms with Crippen LogP contribution in [0.1, 0.15) is 32.6 Å². The number of halogens is 1. The first-order valence-corrected chi connectivity index (χ1v) is 11.0. The lowest BCUT2D eigenvalue weighted by atomic mass is 10.2. The SMILES string of the molecule is CCNC(=NCCCN1CCCC1C(=O)N(C)C)Nc1ccc2c(c1)OCCCO2.I. The number of carbonyl (C=O) groups excluding carboxylic acids is 1. The van der Waals surface area contributed by atoms with Crippen LogP contribution in [0, 0.1) is 0 Å². The molecule has 1 aromatic rings. The highest BCUT2D eigenvalue weighted by Gasteiger charge is 2.30. The van der Waals surface area contributed by atoms with Gasteiger partial charge in [-0.3, -0.25) is 14.7 Å². The van der Waals surface area contributed by atoms with Crippen LogP contribution in [-0.4, -0.2) is 81.2 Å². The molecule has 1 amide bonds. The van der Waals surface area contributed by atoms with Crippen molar-refractivity contribution in [3.05, 3.63) is 18.2 Å². The van der Waals surface area contributed by atoms with E-state index in [1.54, 1.807) is 4.90 Å². The van der Waals surface area contributed by atoms with Crippen molar-refractivity contribution in [3.8, 4) is 11.5 Å². The van der Waals surface area contributed by atoms with Gasteiger partial charge in [-0.05, 0) is 44.9 Å². The number of aliphatic imine (C=N–C) groups is 1. The van der Waals surface area contributed by atoms with Crippen molar-refractivity contribution in [3.63, 3.8) is 0 Å². The van der Waals surface area contributed by atoms with Crippen LogP contribution >= 0.6 is 24.0 Å². The molecule has 0 aromatic heterocycles. The summed E-state index contributed by atoms with van der Waals surface area (Å²) in [5.74, 6) is 2.50. The Morgan fingerprint density at radius 2 is 2.00 bits per heavy atom. The minimum absolute atomic E-state index is 0. The number of rotatable bonds is 7. The van der Waals surface area contributed by atoms with Gasteiger partial charge in [-0.15, -0.1) is 24.0 Å². The molecule has 1 unspecified atom stereocenters. The van der Waals surface area contributed by atoms with E-state index in [1.165, 1.54) is 0 Å². The molecule has 3 rings (SSSR count). The van der Waals surface area contributed by atoms with E-state index in [0.717, 1.165) is 68.5 Å². The molecule has 9 heteroatoms. The lowest BCUT2D eigenvalue weighted by molar-refractivity contribution is -0.133. The summed E-state index contributed by atoms with van der Waals surface area (Å²) in [5, 5.41) is 6.64. The summed E-state index contributed by atoms with van der Waals surface area (Å²) in [6.45, 7) is 6.75. The highest BCUT2D eigenvalue weighted by Crippen LogP contribution is 2.32. The lowest BCUT2D eigenvalue weighted by Crippen LogP contribution is -2.43. The van der Waals surface area contributed by atoms with Crippen LogP contribution in [0.5, 0.6) is 11.5 Å². The summed E-state index contributed by atoms with van der Waals surface area (Å²) in [5.41, 5.74) is 0.912. The summed E-state index contributed by atoms with van der Waals surface area (Å²) < 4.78 is 11.5. The third-order valence-corrected chi connectivity index (χ3v) is 5.32. The summed E-state index contributed by atoms with van der Waals surface area (Å²) in [6.07, 6.45) is 3.84. The number of ether oxygens (including phenoxy) is 2. The highest BCUT2D eigenvalue weighted by atomic mass is 127. The summed E-state index contributed by atoms with van der Waals surface area (Å²) in [7, 11) is 3.66. The number of hydrogen-bond acceptors (Lipinski definition) is 5. The normalized spacial score (nSPS) is 18.7. The number of nitrogens with one attached hydrogen (secondary N) is 2. The van der Waals surface area contributed by atoms with Crippen LogP contribution in [0.2, 0.25) is 0 Å². The van der Waals surface area contributed by atoms with Crippen molar-refractivity contribution in [2.45, 2.75) is 38.6 Å². The molecule has 2 aliphatic heterocycles. The second kappa shape index (κ2) is 12.9. The van der Waals surface area contributed by atoms with Gasteiger partial charge in [0.2, 0.25) is 5.91 Å². The molecule has 0 aliphatic carbocycles. The van der Waals surface area contributed by atoms with Gasteiger partial charge in [-0.1, -0.05) is 0 Å². The first-order valence-electron chi connectivity index (χ1n) is 11.0. The van der Waals surface area contributed by atoms with Crippen molar-refractivity contribution < 1.29 is 14.3 Å². The topological polar surface area (TPSA) is 78.4 Å². The second-order valence-electron chi connectivity index (χ2n) is 7.88. The molecule has 0 bridgehead atoms. The Bertz CT molecular complexity index is 744. The molecule has 174 valence electrons. The Kier molecular flexibility index (Phi) is 10.7. The molecule has 2 aliphatic rings. The Morgan fingerprint density at radius 3 is 2.74 bits per heavy atom. The minimum Gasteiger partial charge on any atom is -0.490 e. The zero-order valence-corrected chi connectivity index (χ0v) is 21.2. The van der Waals surface area contributed by atoms with Crippen LogP contribution < -0.4 is 20.1 Å². The predicted molar refractivity (Wildman–Crippen MR) is 135 cm³/mol. The monoisotopic (exact) mass is 545 g/mol. The smallest absolute Gasteiger partial charge is 0.239 e. The summed E-state index contributed by atoms with van der Waals surface area (Å²) >= 11 is 0. The van der Waals surface area contributed by atoms with Gasteiger partial charge in [0.25, 0.3) is 0 Å². The fourth-order valence-electron chi connectivity index (χ4n) is 3.82. The van der Waals surface area contributed by atoms with Crippen molar-refractivity contribution >= 4 is 41.5 Å². The number of hydrogen-bond donors (Lipinski definition) is 2. The predicted octanol–water partition coefficient (Wildman–Crippen LogP) is 2.79. The van der Waals surface area contributed by atoms with E-state index < -0.39 is 0 Å². The van der Waals surface area contributed by atoms with Crippen LogP contribution in [-0.2, 0) is 4.79 Å². The third kappa shape index (κ3) is 7.41. The molecule has 2 heterocycles. The van der Waals surface area contributed by atoms with Gasteiger partial charge in [0, 0.05) is 51.9 Å². The van der Waals surface area contributed by atoms with Crippen molar-refractivity contribution in [1.29, 1.82) is 0 Å². The van der Waals surface area contributed by atoms with E-state index in [0.29, 0.717) is 19.8 Å². The third-order valence-electron chi connectivity index (χ3n) is 5.32. The molecule has 31 heavy (non-hydrogen) atoms. The minimum atomic E-state index is 0. The van der Waals surface area contributed by atoms with E-state index in [-0.39, 0.29) is 35.9 Å². The molecule has 0 saturated carbocycles. The molecule has 0 radical (unpaired) electrons. The van der Waals surface area contributed by atoms with Gasteiger partial charge in [0.15, 0.2) is 17.5 Å². The van der Waals surface area contributed by atoms with E-state index >= 15 is 0 Å². The maximum Gasteiger partial charge on any atom is 0.239 e. The van der Waals surface area contributed by atoms with E-state index in [1.807, 2.05) is 39.2 Å². The van der Waals surface area contributed by atoms with Crippen LogP contribution in [0.3, 0.4) is 0 Å². The van der Waals surface area contributed by atoms with Gasteiger partial charge in [0.05, 0.1) is 19.3 Å². The molecule has 1 fully saturated rings. The number of benzene rings is 1. The number of likely N-dealkylation sites (tertiary alicyclic amines) is 1. The number of nitrogens with zero attached hydrogens (tertiary/aromatic N) is 3. The van der Waals surface area contributed by atoms with Gasteiger partial charge in [-0.2, -0.15) is 0 Å². The summed E-state index contributed by atoms with van der Waals surface area (Å²) in [6, 6.07) is 5.89. The maximum atomic E-state index is 12.3.